The Morgan fingerprint density at radius 2 is 1.84 bits per heavy atom. The van der Waals surface area contributed by atoms with E-state index in [-0.39, 0.29) is 18.5 Å². The van der Waals surface area contributed by atoms with Crippen LogP contribution in [0.2, 0.25) is 0 Å². The lowest BCUT2D eigenvalue weighted by Crippen LogP contribution is -2.53. The van der Waals surface area contributed by atoms with Gasteiger partial charge < -0.3 is 15.5 Å². The summed E-state index contributed by atoms with van der Waals surface area (Å²) < 4.78 is 0. The number of hydrogen-bond donors (Lipinski definition) is 3. The van der Waals surface area contributed by atoms with Crippen LogP contribution in [-0.4, -0.2) is 57.3 Å². The Labute approximate surface area is 113 Å². The molecule has 3 N–H and O–H groups in total. The zero-order chi connectivity index (χ0) is 14.8. The number of carbonyl (C=O) groups excluding carboxylic acids is 1. The topological polar surface area (TPSA) is 89.9 Å². The monoisotopic (exact) mass is 272 g/mol. The molecule has 4 unspecified atom stereocenters. The van der Waals surface area contributed by atoms with Crippen LogP contribution in [0.1, 0.15) is 40.5 Å². The molecule has 6 nitrogen and oxygen atoms in total. The Bertz CT molecular complexity index is 347. The van der Waals surface area contributed by atoms with Crippen LogP contribution in [0.5, 0.6) is 0 Å². The summed E-state index contributed by atoms with van der Waals surface area (Å²) in [5, 5.41) is 20.9. The number of hydrogen-bond acceptors (Lipinski definition) is 4. The smallest absolute Gasteiger partial charge is 0.337 e. The SMILES string of the molecule is CC1CCC(C)N1C(C)C(=O)NCC(C)(O)C(=O)O. The van der Waals surface area contributed by atoms with E-state index in [0.29, 0.717) is 12.1 Å². The van der Waals surface area contributed by atoms with E-state index in [1.807, 2.05) is 6.92 Å². The molecule has 0 aliphatic carbocycles. The summed E-state index contributed by atoms with van der Waals surface area (Å²) in [6.45, 7) is 6.86. The van der Waals surface area contributed by atoms with Gasteiger partial charge in [-0.1, -0.05) is 0 Å². The van der Waals surface area contributed by atoms with Crippen LogP contribution in [0.4, 0.5) is 0 Å². The van der Waals surface area contributed by atoms with E-state index >= 15 is 0 Å². The van der Waals surface area contributed by atoms with Gasteiger partial charge in [-0.2, -0.15) is 0 Å². The molecule has 0 saturated carbocycles. The Hall–Kier alpha value is -1.14. The van der Waals surface area contributed by atoms with Crippen LogP contribution in [-0.2, 0) is 9.59 Å². The van der Waals surface area contributed by atoms with Crippen molar-refractivity contribution in [2.24, 2.45) is 0 Å². The first kappa shape index (κ1) is 15.9. The Balaban J connectivity index is 2.56. The summed E-state index contributed by atoms with van der Waals surface area (Å²) >= 11 is 0. The first-order valence-electron chi connectivity index (χ1n) is 6.67. The number of likely N-dealkylation sites (tertiary alicyclic amines) is 1. The third kappa shape index (κ3) is 3.67. The molecule has 0 spiro atoms. The maximum Gasteiger partial charge on any atom is 0.337 e. The Morgan fingerprint density at radius 3 is 2.26 bits per heavy atom. The number of aliphatic carboxylic acids is 1. The summed E-state index contributed by atoms with van der Waals surface area (Å²) in [7, 11) is 0. The molecule has 4 atom stereocenters. The third-order valence-electron chi connectivity index (χ3n) is 3.91. The van der Waals surface area contributed by atoms with Crippen LogP contribution in [0.15, 0.2) is 0 Å². The molecule has 0 aromatic carbocycles. The molecular weight excluding hydrogens is 248 g/mol. The highest BCUT2D eigenvalue weighted by Gasteiger charge is 2.36. The van der Waals surface area contributed by atoms with Crippen LogP contribution in [0.3, 0.4) is 0 Å². The molecule has 1 saturated heterocycles. The molecule has 0 aromatic heterocycles. The lowest BCUT2D eigenvalue weighted by Gasteiger charge is -2.32. The average Bonchev–Trinajstić information content (AvgIpc) is 2.65. The van der Waals surface area contributed by atoms with Gasteiger partial charge in [0.2, 0.25) is 5.91 Å². The van der Waals surface area contributed by atoms with Crippen molar-refractivity contribution in [1.82, 2.24) is 10.2 Å². The molecule has 19 heavy (non-hydrogen) atoms. The van der Waals surface area contributed by atoms with Gasteiger partial charge in [0.1, 0.15) is 0 Å². The van der Waals surface area contributed by atoms with Gasteiger partial charge in [-0.3, -0.25) is 9.69 Å². The Kier molecular flexibility index (Phi) is 4.92. The fraction of sp³-hybridized carbons (Fsp3) is 0.846. The molecule has 1 fully saturated rings. The van der Waals surface area contributed by atoms with Crippen molar-refractivity contribution < 1.29 is 19.8 Å². The van der Waals surface area contributed by atoms with Gasteiger partial charge in [0.15, 0.2) is 5.60 Å². The van der Waals surface area contributed by atoms with Gasteiger partial charge in [0, 0.05) is 12.1 Å². The van der Waals surface area contributed by atoms with Crippen LogP contribution in [0.25, 0.3) is 0 Å². The number of carbonyl (C=O) groups is 2. The summed E-state index contributed by atoms with van der Waals surface area (Å²) in [5.74, 6) is -1.59. The maximum absolute atomic E-state index is 12.0. The van der Waals surface area contributed by atoms with E-state index in [1.54, 1.807) is 0 Å². The number of rotatable bonds is 5. The quantitative estimate of drug-likeness (QED) is 0.665. The first-order chi connectivity index (χ1) is 8.66. The lowest BCUT2D eigenvalue weighted by molar-refractivity contribution is -0.156. The first-order valence-corrected chi connectivity index (χ1v) is 6.67. The van der Waals surface area contributed by atoms with Crippen LogP contribution < -0.4 is 5.32 Å². The molecule has 110 valence electrons. The molecule has 1 rings (SSSR count). The van der Waals surface area contributed by atoms with E-state index in [9.17, 15) is 14.7 Å². The van der Waals surface area contributed by atoms with Crippen molar-refractivity contribution in [3.63, 3.8) is 0 Å². The minimum atomic E-state index is -1.93. The molecule has 1 heterocycles. The molecule has 6 heteroatoms. The molecule has 0 radical (unpaired) electrons. The lowest BCUT2D eigenvalue weighted by atomic mass is 10.1. The van der Waals surface area contributed by atoms with E-state index in [1.165, 1.54) is 6.92 Å². The van der Waals surface area contributed by atoms with Gasteiger partial charge in [-0.25, -0.2) is 4.79 Å². The number of nitrogens with one attached hydrogen (secondary N) is 1. The Morgan fingerprint density at radius 1 is 1.37 bits per heavy atom. The summed E-state index contributed by atoms with van der Waals surface area (Å²) in [4.78, 5) is 24.9. The molecule has 0 aromatic rings. The van der Waals surface area contributed by atoms with E-state index in [2.05, 4.69) is 24.1 Å². The second-order valence-electron chi connectivity index (χ2n) is 5.70. The maximum atomic E-state index is 12.0. The van der Waals surface area contributed by atoms with E-state index in [0.717, 1.165) is 12.8 Å². The zero-order valence-electron chi connectivity index (χ0n) is 12.0. The van der Waals surface area contributed by atoms with Gasteiger partial charge in [0.05, 0.1) is 12.6 Å². The fourth-order valence-electron chi connectivity index (χ4n) is 2.60. The van der Waals surface area contributed by atoms with Crippen LogP contribution in [0, 0.1) is 0 Å². The van der Waals surface area contributed by atoms with Crippen LogP contribution >= 0.6 is 0 Å². The van der Waals surface area contributed by atoms with E-state index < -0.39 is 11.6 Å². The minimum Gasteiger partial charge on any atom is -0.479 e. The second kappa shape index (κ2) is 5.88. The number of carboxylic acids is 1. The second-order valence-corrected chi connectivity index (χ2v) is 5.70. The van der Waals surface area contributed by atoms with Crippen molar-refractivity contribution in [1.29, 1.82) is 0 Å². The van der Waals surface area contributed by atoms with Gasteiger partial charge in [-0.05, 0) is 40.5 Å². The number of nitrogens with zero attached hydrogens (tertiary/aromatic N) is 1. The molecule has 1 aliphatic rings. The molecule has 1 amide bonds. The highest BCUT2D eigenvalue weighted by atomic mass is 16.4. The summed E-state index contributed by atoms with van der Waals surface area (Å²) in [6, 6.07) is 0.364. The molecule has 0 bridgehead atoms. The van der Waals surface area contributed by atoms with Crippen molar-refractivity contribution in [3.8, 4) is 0 Å². The largest absolute Gasteiger partial charge is 0.479 e. The minimum absolute atomic E-state index is 0.248. The summed E-state index contributed by atoms with van der Waals surface area (Å²) in [6.07, 6.45) is 2.12. The third-order valence-corrected chi connectivity index (χ3v) is 3.91. The van der Waals surface area contributed by atoms with Crippen molar-refractivity contribution in [2.45, 2.75) is 64.3 Å². The van der Waals surface area contributed by atoms with Crippen molar-refractivity contribution in [2.75, 3.05) is 6.54 Å². The number of aliphatic hydroxyl groups is 1. The van der Waals surface area contributed by atoms with E-state index in [4.69, 9.17) is 5.11 Å². The van der Waals surface area contributed by atoms with Gasteiger partial charge in [0.25, 0.3) is 0 Å². The average molecular weight is 272 g/mol. The van der Waals surface area contributed by atoms with Gasteiger partial charge >= 0.3 is 5.97 Å². The highest BCUT2D eigenvalue weighted by molar-refractivity contribution is 5.83. The predicted octanol–water partition coefficient (Wildman–Crippen LogP) is 0.200. The predicted molar refractivity (Wildman–Crippen MR) is 70.7 cm³/mol. The molecule has 1 aliphatic heterocycles. The standard InChI is InChI=1S/C13H24N2O4/c1-8-5-6-9(2)15(8)10(3)11(16)14-7-13(4,19)12(17)18/h8-10,19H,5-7H2,1-4H3,(H,14,16)(H,17,18). The van der Waals surface area contributed by atoms with Crippen molar-refractivity contribution in [3.05, 3.63) is 0 Å². The zero-order valence-corrected chi connectivity index (χ0v) is 12.0. The van der Waals surface area contributed by atoms with Crippen molar-refractivity contribution >= 4 is 11.9 Å². The fourth-order valence-corrected chi connectivity index (χ4v) is 2.60. The summed E-state index contributed by atoms with van der Waals surface area (Å²) in [5.41, 5.74) is -1.93. The number of carboxylic acid groups (broad SMARTS) is 1. The highest BCUT2D eigenvalue weighted by Crippen LogP contribution is 2.25. The number of amides is 1. The normalized spacial score (nSPS) is 28.7. The van der Waals surface area contributed by atoms with Gasteiger partial charge in [-0.15, -0.1) is 0 Å². The molecular formula is C13H24N2O4.